The largest absolute Gasteiger partial charge is 0.332 e. The average molecular weight is 282 g/mol. The molecular weight excluding hydrogens is 264 g/mol. The van der Waals surface area contributed by atoms with Crippen LogP contribution in [-0.4, -0.2) is 15.1 Å². The number of hydrogen-bond donors (Lipinski definition) is 1. The van der Waals surface area contributed by atoms with Crippen LogP contribution in [0.15, 0.2) is 41.1 Å². The van der Waals surface area contributed by atoms with E-state index in [4.69, 9.17) is 10.3 Å². The lowest BCUT2D eigenvalue weighted by atomic mass is 9.87. The van der Waals surface area contributed by atoms with Crippen LogP contribution in [0.3, 0.4) is 0 Å². The Hall–Kier alpha value is -2.27. The van der Waals surface area contributed by atoms with Gasteiger partial charge in [0.1, 0.15) is 5.69 Å². The third kappa shape index (κ3) is 2.52. The average Bonchev–Trinajstić information content (AvgIpc) is 2.94. The van der Waals surface area contributed by atoms with E-state index in [1.807, 2.05) is 51.1 Å². The van der Waals surface area contributed by atoms with Crippen LogP contribution in [0.1, 0.15) is 32.6 Å². The monoisotopic (exact) mass is 282 g/mol. The summed E-state index contributed by atoms with van der Waals surface area (Å²) in [6.07, 6.45) is 1.74. The predicted octanol–water partition coefficient (Wildman–Crippen LogP) is 3.33. The molecule has 1 unspecified atom stereocenters. The fourth-order valence-electron chi connectivity index (χ4n) is 2.13. The highest BCUT2D eigenvalue weighted by Crippen LogP contribution is 2.31. The van der Waals surface area contributed by atoms with Crippen molar-refractivity contribution >= 4 is 10.8 Å². The summed E-state index contributed by atoms with van der Waals surface area (Å²) in [5.41, 5.74) is 6.73. The van der Waals surface area contributed by atoms with Crippen LogP contribution in [0.2, 0.25) is 0 Å². The number of nitrogens with two attached hydrogens (primary N) is 1. The Morgan fingerprint density at radius 1 is 1.14 bits per heavy atom. The molecule has 2 heterocycles. The molecule has 0 radical (unpaired) electrons. The number of aromatic nitrogens is 3. The van der Waals surface area contributed by atoms with Crippen molar-refractivity contribution in [3.05, 3.63) is 42.4 Å². The minimum Gasteiger partial charge on any atom is -0.332 e. The van der Waals surface area contributed by atoms with Gasteiger partial charge in [-0.25, -0.2) is 0 Å². The van der Waals surface area contributed by atoms with Crippen LogP contribution in [0, 0.1) is 5.41 Å². The summed E-state index contributed by atoms with van der Waals surface area (Å²) in [5, 5.41) is 6.09. The van der Waals surface area contributed by atoms with Gasteiger partial charge in [-0.15, -0.1) is 0 Å². The molecule has 5 nitrogen and oxygen atoms in total. The Morgan fingerprint density at radius 2 is 1.90 bits per heavy atom. The highest BCUT2D eigenvalue weighted by molar-refractivity contribution is 5.92. The molecule has 5 heteroatoms. The molecule has 0 saturated heterocycles. The molecule has 0 spiro atoms. The van der Waals surface area contributed by atoms with E-state index in [9.17, 15) is 0 Å². The summed E-state index contributed by atoms with van der Waals surface area (Å²) >= 11 is 0. The Labute approximate surface area is 123 Å². The summed E-state index contributed by atoms with van der Waals surface area (Å²) in [7, 11) is 0. The molecule has 1 aromatic carbocycles. The van der Waals surface area contributed by atoms with E-state index in [1.54, 1.807) is 6.20 Å². The van der Waals surface area contributed by atoms with Crippen molar-refractivity contribution in [1.29, 1.82) is 0 Å². The second-order valence-corrected chi connectivity index (χ2v) is 6.18. The lowest BCUT2D eigenvalue weighted by Gasteiger charge is -2.23. The summed E-state index contributed by atoms with van der Waals surface area (Å²) in [4.78, 5) is 8.81. The van der Waals surface area contributed by atoms with Crippen LogP contribution in [-0.2, 0) is 0 Å². The van der Waals surface area contributed by atoms with Gasteiger partial charge in [0.15, 0.2) is 5.82 Å². The first-order valence-corrected chi connectivity index (χ1v) is 6.90. The van der Waals surface area contributed by atoms with Crippen molar-refractivity contribution in [2.75, 3.05) is 0 Å². The van der Waals surface area contributed by atoms with E-state index in [2.05, 4.69) is 15.1 Å². The Kier molecular flexibility index (Phi) is 3.22. The van der Waals surface area contributed by atoms with Gasteiger partial charge in [0.2, 0.25) is 0 Å². The van der Waals surface area contributed by atoms with Crippen LogP contribution in [0.4, 0.5) is 0 Å². The van der Waals surface area contributed by atoms with Crippen LogP contribution < -0.4 is 5.73 Å². The number of hydrogen-bond acceptors (Lipinski definition) is 5. The van der Waals surface area contributed by atoms with E-state index >= 15 is 0 Å². The maximum atomic E-state index is 6.17. The topological polar surface area (TPSA) is 77.8 Å². The van der Waals surface area contributed by atoms with Gasteiger partial charge in [-0.3, -0.25) is 4.98 Å². The molecule has 21 heavy (non-hydrogen) atoms. The molecule has 108 valence electrons. The van der Waals surface area contributed by atoms with Gasteiger partial charge in [-0.1, -0.05) is 50.2 Å². The molecule has 2 aromatic heterocycles. The Bertz CT molecular complexity index is 768. The summed E-state index contributed by atoms with van der Waals surface area (Å²) in [6.45, 7) is 6.14. The first kappa shape index (κ1) is 13.7. The number of rotatable bonds is 2. The smallest absolute Gasteiger partial charge is 0.277 e. The summed E-state index contributed by atoms with van der Waals surface area (Å²) in [5.74, 6) is 0.911. The second kappa shape index (κ2) is 4.93. The number of benzene rings is 1. The first-order chi connectivity index (χ1) is 9.97. The highest BCUT2D eigenvalue weighted by atomic mass is 16.5. The van der Waals surface area contributed by atoms with E-state index < -0.39 is 0 Å². The van der Waals surface area contributed by atoms with Gasteiger partial charge in [0.25, 0.3) is 5.89 Å². The third-order valence-corrected chi connectivity index (χ3v) is 3.53. The van der Waals surface area contributed by atoms with Crippen LogP contribution >= 0.6 is 0 Å². The zero-order valence-corrected chi connectivity index (χ0v) is 12.4. The fraction of sp³-hybridized carbons (Fsp3) is 0.312. The maximum Gasteiger partial charge on any atom is 0.277 e. The minimum absolute atomic E-state index is 0.132. The summed E-state index contributed by atoms with van der Waals surface area (Å²) in [6, 6.07) is 9.64. The second-order valence-electron chi connectivity index (χ2n) is 6.18. The lowest BCUT2D eigenvalue weighted by molar-refractivity contribution is 0.303. The minimum atomic E-state index is -0.287. The molecule has 1 atom stereocenters. The van der Waals surface area contributed by atoms with E-state index in [0.717, 1.165) is 10.8 Å². The van der Waals surface area contributed by atoms with Crippen molar-refractivity contribution in [2.45, 2.75) is 26.8 Å². The fourth-order valence-corrected chi connectivity index (χ4v) is 2.13. The Balaban J connectivity index is 2.07. The van der Waals surface area contributed by atoms with Crippen molar-refractivity contribution in [3.63, 3.8) is 0 Å². The molecule has 3 aromatic rings. The normalized spacial score (nSPS) is 13.5. The molecule has 0 aliphatic carbocycles. The molecule has 2 N–H and O–H groups in total. The van der Waals surface area contributed by atoms with Crippen LogP contribution in [0.5, 0.6) is 0 Å². The Morgan fingerprint density at radius 3 is 2.67 bits per heavy atom. The van der Waals surface area contributed by atoms with E-state index in [-0.39, 0.29) is 11.5 Å². The zero-order chi connectivity index (χ0) is 15.0. The predicted molar refractivity (Wildman–Crippen MR) is 81.4 cm³/mol. The number of nitrogens with zero attached hydrogens (tertiary/aromatic N) is 3. The molecule has 0 saturated carbocycles. The van der Waals surface area contributed by atoms with Gasteiger partial charge < -0.3 is 10.3 Å². The van der Waals surface area contributed by atoms with Gasteiger partial charge in [-0.2, -0.15) is 4.98 Å². The van der Waals surface area contributed by atoms with Gasteiger partial charge >= 0.3 is 0 Å². The van der Waals surface area contributed by atoms with Crippen molar-refractivity contribution in [2.24, 2.45) is 11.1 Å². The molecule has 0 aliphatic rings. The van der Waals surface area contributed by atoms with Crippen molar-refractivity contribution < 1.29 is 4.52 Å². The highest BCUT2D eigenvalue weighted by Gasteiger charge is 2.27. The SMILES string of the molecule is CC(C)(C)C(N)c1noc(-c2nccc3ccccc23)n1. The third-order valence-electron chi connectivity index (χ3n) is 3.53. The molecule has 0 bridgehead atoms. The number of pyridine rings is 1. The number of fused-ring (bicyclic) bond motifs is 1. The molecular formula is C16H18N4O. The van der Waals surface area contributed by atoms with Crippen molar-refractivity contribution in [3.8, 4) is 11.6 Å². The quantitative estimate of drug-likeness (QED) is 0.780. The molecule has 0 aliphatic heterocycles. The van der Waals surface area contributed by atoms with Gasteiger partial charge in [0, 0.05) is 11.6 Å². The summed E-state index contributed by atoms with van der Waals surface area (Å²) < 4.78 is 5.37. The first-order valence-electron chi connectivity index (χ1n) is 6.90. The zero-order valence-electron chi connectivity index (χ0n) is 12.4. The van der Waals surface area contributed by atoms with Gasteiger partial charge in [-0.05, 0) is 16.9 Å². The standard InChI is InChI=1S/C16H18N4O/c1-16(2,3)13(17)14-19-15(21-20-14)12-11-7-5-4-6-10(11)8-9-18-12/h4-9,13H,17H2,1-3H3. The molecule has 0 fully saturated rings. The van der Waals surface area contributed by atoms with E-state index in [1.165, 1.54) is 0 Å². The lowest BCUT2D eigenvalue weighted by Crippen LogP contribution is -2.27. The van der Waals surface area contributed by atoms with Crippen LogP contribution in [0.25, 0.3) is 22.4 Å². The van der Waals surface area contributed by atoms with Gasteiger partial charge in [0.05, 0.1) is 6.04 Å². The molecule has 3 rings (SSSR count). The molecule has 0 amide bonds. The van der Waals surface area contributed by atoms with Crippen molar-refractivity contribution in [1.82, 2.24) is 15.1 Å². The van der Waals surface area contributed by atoms with E-state index in [0.29, 0.717) is 17.4 Å². The maximum absolute atomic E-state index is 6.17.